The molecule has 4 aromatic rings. The Morgan fingerprint density at radius 2 is 2.13 bits per heavy atom. The average molecular weight is 407 g/mol. The van der Waals surface area contributed by atoms with E-state index in [0.717, 1.165) is 16.7 Å². The molecule has 0 aliphatic carbocycles. The molecule has 30 heavy (non-hydrogen) atoms. The van der Waals surface area contributed by atoms with Crippen LogP contribution in [0.25, 0.3) is 17.1 Å². The largest absolute Gasteiger partial charge is 0.394 e. The van der Waals surface area contributed by atoms with Gasteiger partial charge in [-0.25, -0.2) is 4.98 Å². The first-order valence-corrected chi connectivity index (χ1v) is 9.42. The van der Waals surface area contributed by atoms with Gasteiger partial charge in [0, 0.05) is 17.4 Å². The topological polar surface area (TPSA) is 115 Å². The molecule has 0 atom stereocenters. The highest BCUT2D eigenvalue weighted by molar-refractivity contribution is 6.04. The highest BCUT2D eigenvalue weighted by atomic mass is 16.5. The zero-order valence-electron chi connectivity index (χ0n) is 16.6. The Morgan fingerprint density at radius 3 is 2.90 bits per heavy atom. The van der Waals surface area contributed by atoms with Crippen molar-refractivity contribution in [3.05, 3.63) is 65.4 Å². The van der Waals surface area contributed by atoms with Crippen LogP contribution >= 0.6 is 0 Å². The van der Waals surface area contributed by atoms with Gasteiger partial charge in [0.2, 0.25) is 0 Å². The molecule has 0 unspecified atom stereocenters. The van der Waals surface area contributed by atoms with Gasteiger partial charge < -0.3 is 19.7 Å². The number of imidazole rings is 1. The molecule has 0 bridgehead atoms. The molecule has 0 spiro atoms. The average Bonchev–Trinajstić information content (AvgIpc) is 3.36. The molecule has 1 amide bonds. The number of hydrogen-bond acceptors (Lipinski definition) is 7. The van der Waals surface area contributed by atoms with E-state index in [1.165, 1.54) is 6.20 Å². The molecule has 9 heteroatoms. The maximum Gasteiger partial charge on any atom is 0.274 e. The Hall–Kier alpha value is -3.56. The van der Waals surface area contributed by atoms with Gasteiger partial charge in [0.25, 0.3) is 11.8 Å². The van der Waals surface area contributed by atoms with E-state index in [0.29, 0.717) is 35.4 Å². The van der Waals surface area contributed by atoms with Crippen molar-refractivity contribution in [3.8, 4) is 11.5 Å². The molecule has 0 aliphatic rings. The van der Waals surface area contributed by atoms with Gasteiger partial charge in [-0.3, -0.25) is 9.20 Å². The first-order valence-electron chi connectivity index (χ1n) is 9.42. The molecule has 3 heterocycles. The number of aryl methyl sites for hydroxylation is 2. The zero-order chi connectivity index (χ0) is 21.1. The minimum Gasteiger partial charge on any atom is -0.394 e. The van der Waals surface area contributed by atoms with Crippen LogP contribution < -0.4 is 5.32 Å². The summed E-state index contributed by atoms with van der Waals surface area (Å²) < 4.78 is 12.3. The standard InChI is InChI=1S/C21H21N5O4/c1-13-3-4-16(21-23-14(2)25-30-21)10-17(13)24-20(28)18-11-22-19-9-15(5-6-26(18)19)12-29-8-7-27/h3-6,9-11,27H,7-8,12H2,1-2H3,(H,24,28). The van der Waals surface area contributed by atoms with E-state index in [1.807, 2.05) is 31.2 Å². The number of carbonyl (C=O) groups is 1. The van der Waals surface area contributed by atoms with Crippen LogP contribution in [0.3, 0.4) is 0 Å². The first kappa shape index (κ1) is 19.7. The Morgan fingerprint density at radius 1 is 1.27 bits per heavy atom. The zero-order valence-corrected chi connectivity index (χ0v) is 16.6. The van der Waals surface area contributed by atoms with Crippen LogP contribution in [0.1, 0.15) is 27.4 Å². The van der Waals surface area contributed by atoms with E-state index in [1.54, 1.807) is 23.6 Å². The van der Waals surface area contributed by atoms with Crippen LogP contribution in [0.5, 0.6) is 0 Å². The molecule has 4 rings (SSSR count). The Kier molecular flexibility index (Phi) is 5.55. The van der Waals surface area contributed by atoms with E-state index in [9.17, 15) is 4.79 Å². The van der Waals surface area contributed by atoms with Gasteiger partial charge in [-0.1, -0.05) is 11.2 Å². The van der Waals surface area contributed by atoms with Crippen molar-refractivity contribution in [2.45, 2.75) is 20.5 Å². The highest BCUT2D eigenvalue weighted by Crippen LogP contribution is 2.25. The minimum absolute atomic E-state index is 0.0251. The van der Waals surface area contributed by atoms with Crippen molar-refractivity contribution in [1.29, 1.82) is 0 Å². The summed E-state index contributed by atoms with van der Waals surface area (Å²) in [5, 5.41) is 15.5. The second-order valence-electron chi connectivity index (χ2n) is 6.81. The molecule has 9 nitrogen and oxygen atoms in total. The monoisotopic (exact) mass is 407 g/mol. The summed E-state index contributed by atoms with van der Waals surface area (Å²) in [5.41, 5.74) is 4.23. The molecular formula is C21H21N5O4. The third kappa shape index (κ3) is 4.07. The number of ether oxygens (including phenoxy) is 1. The van der Waals surface area contributed by atoms with Gasteiger partial charge in [-0.15, -0.1) is 0 Å². The highest BCUT2D eigenvalue weighted by Gasteiger charge is 2.15. The number of anilines is 1. The maximum atomic E-state index is 12.9. The molecule has 2 N–H and O–H groups in total. The molecule has 0 radical (unpaired) electrons. The molecule has 154 valence electrons. The number of pyridine rings is 1. The predicted octanol–water partition coefficient (Wildman–Crippen LogP) is 2.76. The smallest absolute Gasteiger partial charge is 0.274 e. The number of nitrogens with one attached hydrogen (secondary N) is 1. The van der Waals surface area contributed by atoms with Crippen molar-refractivity contribution in [1.82, 2.24) is 19.5 Å². The number of rotatable bonds is 7. The van der Waals surface area contributed by atoms with Gasteiger partial charge in [0.05, 0.1) is 26.0 Å². The third-order valence-corrected chi connectivity index (χ3v) is 4.57. The van der Waals surface area contributed by atoms with Crippen LogP contribution in [0.15, 0.2) is 47.2 Å². The fourth-order valence-electron chi connectivity index (χ4n) is 3.03. The number of aliphatic hydroxyl groups excluding tert-OH is 1. The SMILES string of the molecule is Cc1noc(-c2ccc(C)c(NC(=O)c3cnc4cc(COCCO)ccn34)c2)n1. The normalized spacial score (nSPS) is 11.2. The fourth-order valence-corrected chi connectivity index (χ4v) is 3.03. The Balaban J connectivity index is 1.56. The van der Waals surface area contributed by atoms with Crippen LogP contribution in [0, 0.1) is 13.8 Å². The van der Waals surface area contributed by atoms with Gasteiger partial charge in [-0.2, -0.15) is 4.98 Å². The number of aliphatic hydroxyl groups is 1. The van der Waals surface area contributed by atoms with Crippen molar-refractivity contribution in [3.63, 3.8) is 0 Å². The molecule has 0 aliphatic heterocycles. The number of benzene rings is 1. The van der Waals surface area contributed by atoms with Crippen LogP contribution in [0.4, 0.5) is 5.69 Å². The second-order valence-corrected chi connectivity index (χ2v) is 6.81. The van der Waals surface area contributed by atoms with Gasteiger partial charge >= 0.3 is 0 Å². The lowest BCUT2D eigenvalue weighted by atomic mass is 10.1. The molecule has 1 aromatic carbocycles. The summed E-state index contributed by atoms with van der Waals surface area (Å²) in [6.45, 7) is 4.27. The summed E-state index contributed by atoms with van der Waals surface area (Å²) in [4.78, 5) is 21.5. The molecule has 0 saturated carbocycles. The van der Waals surface area contributed by atoms with Gasteiger partial charge in [-0.05, 0) is 49.2 Å². The molecule has 0 fully saturated rings. The van der Waals surface area contributed by atoms with E-state index in [2.05, 4.69) is 20.4 Å². The van der Waals surface area contributed by atoms with Crippen molar-refractivity contribution < 1.29 is 19.2 Å². The fraction of sp³-hybridized carbons (Fsp3) is 0.238. The first-order chi connectivity index (χ1) is 14.5. The van der Waals surface area contributed by atoms with E-state index >= 15 is 0 Å². The van der Waals surface area contributed by atoms with Crippen LogP contribution in [-0.4, -0.2) is 43.8 Å². The maximum absolute atomic E-state index is 12.9. The number of aromatic nitrogens is 4. The van der Waals surface area contributed by atoms with Crippen LogP contribution in [0.2, 0.25) is 0 Å². The van der Waals surface area contributed by atoms with Gasteiger partial charge in [0.15, 0.2) is 5.82 Å². The summed E-state index contributed by atoms with van der Waals surface area (Å²) in [7, 11) is 0. The van der Waals surface area contributed by atoms with E-state index < -0.39 is 0 Å². The molecule has 3 aromatic heterocycles. The lowest BCUT2D eigenvalue weighted by Gasteiger charge is -2.10. The number of amides is 1. The Bertz CT molecular complexity index is 1200. The second kappa shape index (κ2) is 8.44. The summed E-state index contributed by atoms with van der Waals surface area (Å²) in [5.74, 6) is 0.658. The number of fused-ring (bicyclic) bond motifs is 1. The lowest BCUT2D eigenvalue weighted by Crippen LogP contribution is -2.15. The Labute approximate surface area is 172 Å². The predicted molar refractivity (Wildman–Crippen MR) is 109 cm³/mol. The number of nitrogens with zero attached hydrogens (tertiary/aromatic N) is 4. The summed E-state index contributed by atoms with van der Waals surface area (Å²) in [6, 6.07) is 9.26. The minimum atomic E-state index is -0.284. The van der Waals surface area contributed by atoms with Crippen molar-refractivity contribution >= 4 is 17.2 Å². The van der Waals surface area contributed by atoms with E-state index in [4.69, 9.17) is 14.4 Å². The van der Waals surface area contributed by atoms with Crippen molar-refractivity contribution in [2.75, 3.05) is 18.5 Å². The van der Waals surface area contributed by atoms with Crippen molar-refractivity contribution in [2.24, 2.45) is 0 Å². The number of carbonyl (C=O) groups excluding carboxylic acids is 1. The molecular weight excluding hydrogens is 386 g/mol. The van der Waals surface area contributed by atoms with Gasteiger partial charge in [0.1, 0.15) is 11.3 Å². The lowest BCUT2D eigenvalue weighted by molar-refractivity contribution is 0.0815. The molecule has 0 saturated heterocycles. The number of hydrogen-bond donors (Lipinski definition) is 2. The summed E-state index contributed by atoms with van der Waals surface area (Å²) in [6.07, 6.45) is 3.31. The van der Waals surface area contributed by atoms with Crippen LogP contribution in [-0.2, 0) is 11.3 Å². The third-order valence-electron chi connectivity index (χ3n) is 4.57. The summed E-state index contributed by atoms with van der Waals surface area (Å²) >= 11 is 0. The quantitative estimate of drug-likeness (QED) is 0.453. The van der Waals surface area contributed by atoms with E-state index in [-0.39, 0.29) is 19.1 Å².